The van der Waals surface area contributed by atoms with E-state index in [4.69, 9.17) is 4.74 Å². The topological polar surface area (TPSA) is 125 Å². The van der Waals surface area contributed by atoms with E-state index >= 15 is 4.39 Å². The second kappa shape index (κ2) is 9.06. The molecule has 0 saturated carbocycles. The Labute approximate surface area is 209 Å². The normalized spacial score (nSPS) is 11.5. The van der Waals surface area contributed by atoms with Gasteiger partial charge in [-0.2, -0.15) is 0 Å². The van der Waals surface area contributed by atoms with Gasteiger partial charge < -0.3 is 9.26 Å². The quantitative estimate of drug-likeness (QED) is 0.362. The van der Waals surface area contributed by atoms with Crippen molar-refractivity contribution in [1.82, 2.24) is 14.3 Å². The molecular weight excluding hydrogens is 503 g/mol. The smallest absolute Gasteiger partial charge is 0.263 e. The molecule has 5 rings (SSSR count). The van der Waals surface area contributed by atoms with Crippen molar-refractivity contribution in [2.75, 3.05) is 11.8 Å². The molecule has 12 heteroatoms. The monoisotopic (exact) mass is 522 g/mol. The average molecular weight is 523 g/mol. The minimum Gasteiger partial charge on any atom is -0.494 e. The van der Waals surface area contributed by atoms with Crippen molar-refractivity contribution in [1.29, 1.82) is 0 Å². The van der Waals surface area contributed by atoms with E-state index in [1.54, 1.807) is 13.0 Å². The molecule has 3 heterocycles. The molecule has 0 bridgehead atoms. The predicted molar refractivity (Wildman–Crippen MR) is 134 cm³/mol. The molecule has 3 aromatic heterocycles. The maximum Gasteiger partial charge on any atom is 0.263 e. The lowest BCUT2D eigenvalue weighted by Crippen LogP contribution is -2.21. The number of pyridine rings is 2. The van der Waals surface area contributed by atoms with Crippen molar-refractivity contribution < 1.29 is 22.1 Å². The molecule has 0 fully saturated rings. The first-order chi connectivity index (χ1) is 17.7. The molecule has 37 heavy (non-hydrogen) atoms. The first kappa shape index (κ1) is 24.0. The molecule has 0 atom stereocenters. The van der Waals surface area contributed by atoms with Gasteiger partial charge in [0.25, 0.3) is 21.1 Å². The van der Waals surface area contributed by atoms with Gasteiger partial charge in [-0.3, -0.25) is 23.4 Å². The fourth-order valence-electron chi connectivity index (χ4n) is 3.93. The third kappa shape index (κ3) is 4.38. The van der Waals surface area contributed by atoms with Crippen LogP contribution in [0.1, 0.15) is 5.56 Å². The van der Waals surface area contributed by atoms with E-state index in [-0.39, 0.29) is 27.8 Å². The molecule has 0 amide bonds. The standard InChI is InChI=1S/C25H19FN4O6S/c1-15-7-9-29(25(32)11-15)20-14-22(35-2)21(13-18(20)26)30-19-5-4-17(12-16(19)3-6-24(30)31)37(33,34)28-23-8-10-36-27-23/h3-14H,1-2H3,(H,27,28). The zero-order valence-electron chi connectivity index (χ0n) is 19.5. The summed E-state index contributed by atoms with van der Waals surface area (Å²) in [4.78, 5) is 25.3. The molecule has 0 saturated heterocycles. The van der Waals surface area contributed by atoms with Crippen LogP contribution in [0.15, 0.2) is 92.1 Å². The highest BCUT2D eigenvalue weighted by Gasteiger charge is 2.20. The van der Waals surface area contributed by atoms with Gasteiger partial charge in [-0.05, 0) is 42.8 Å². The fraction of sp³-hybridized carbons (Fsp3) is 0.0800. The van der Waals surface area contributed by atoms with E-state index in [9.17, 15) is 18.0 Å². The Balaban J connectivity index is 1.66. The molecular formula is C25H19FN4O6S. The molecule has 188 valence electrons. The lowest BCUT2D eigenvalue weighted by molar-refractivity contribution is 0.411. The van der Waals surface area contributed by atoms with Gasteiger partial charge in [-0.15, -0.1) is 0 Å². The van der Waals surface area contributed by atoms with Crippen LogP contribution >= 0.6 is 0 Å². The van der Waals surface area contributed by atoms with Gasteiger partial charge in [-0.1, -0.05) is 5.16 Å². The number of fused-ring (bicyclic) bond motifs is 1. The number of halogens is 1. The van der Waals surface area contributed by atoms with Crippen molar-refractivity contribution in [3.8, 4) is 17.1 Å². The zero-order chi connectivity index (χ0) is 26.3. The molecule has 1 N–H and O–H groups in total. The SMILES string of the molecule is COc1cc(-n2ccc(C)cc2=O)c(F)cc1-n1c(=O)ccc2cc(S(=O)(=O)Nc3ccon3)ccc21. The number of nitrogens with zero attached hydrogens (tertiary/aromatic N) is 3. The summed E-state index contributed by atoms with van der Waals surface area (Å²) < 4.78 is 55.6. The molecule has 0 aliphatic carbocycles. The Morgan fingerprint density at radius 2 is 1.78 bits per heavy atom. The molecule has 0 aliphatic heterocycles. The highest BCUT2D eigenvalue weighted by atomic mass is 32.2. The van der Waals surface area contributed by atoms with Crippen LogP contribution in [0.2, 0.25) is 0 Å². The molecule has 0 aliphatic rings. The summed E-state index contributed by atoms with van der Waals surface area (Å²) in [6.45, 7) is 1.75. The number of aryl methyl sites for hydroxylation is 1. The minimum atomic E-state index is -4.00. The van der Waals surface area contributed by atoms with E-state index in [2.05, 4.69) is 14.4 Å². The largest absolute Gasteiger partial charge is 0.494 e. The number of anilines is 1. The van der Waals surface area contributed by atoms with Crippen molar-refractivity contribution in [2.24, 2.45) is 0 Å². The van der Waals surface area contributed by atoms with Gasteiger partial charge in [0.05, 0.1) is 28.9 Å². The number of sulfonamides is 1. The molecule has 0 spiro atoms. The molecule has 5 aromatic rings. The third-order valence-electron chi connectivity index (χ3n) is 5.68. The summed E-state index contributed by atoms with van der Waals surface area (Å²) in [5.74, 6) is -0.623. The lowest BCUT2D eigenvalue weighted by atomic mass is 10.1. The van der Waals surface area contributed by atoms with Crippen molar-refractivity contribution in [2.45, 2.75) is 11.8 Å². The van der Waals surface area contributed by atoms with E-state index in [1.165, 1.54) is 72.7 Å². The van der Waals surface area contributed by atoms with Gasteiger partial charge in [0.1, 0.15) is 17.8 Å². The summed E-state index contributed by atoms with van der Waals surface area (Å²) in [6.07, 6.45) is 2.68. The summed E-state index contributed by atoms with van der Waals surface area (Å²) in [5.41, 5.74) is 0.142. The van der Waals surface area contributed by atoms with Crippen LogP contribution in [0.25, 0.3) is 22.3 Å². The van der Waals surface area contributed by atoms with Gasteiger partial charge in [0.2, 0.25) is 0 Å². The predicted octanol–water partition coefficient (Wildman–Crippen LogP) is 3.39. The fourth-order valence-corrected chi connectivity index (χ4v) is 4.96. The van der Waals surface area contributed by atoms with Crippen LogP contribution in [0.3, 0.4) is 0 Å². The zero-order valence-corrected chi connectivity index (χ0v) is 20.3. The van der Waals surface area contributed by atoms with Crippen LogP contribution in [-0.4, -0.2) is 29.8 Å². The number of hydrogen-bond donors (Lipinski definition) is 1. The first-order valence-corrected chi connectivity index (χ1v) is 12.3. The van der Waals surface area contributed by atoms with Crippen LogP contribution in [0.4, 0.5) is 10.2 Å². The summed E-state index contributed by atoms with van der Waals surface area (Å²) in [5, 5.41) is 3.93. The second-order valence-corrected chi connectivity index (χ2v) is 9.79. The number of benzene rings is 2. The third-order valence-corrected chi connectivity index (χ3v) is 7.03. The van der Waals surface area contributed by atoms with Gasteiger partial charge in [-0.25, -0.2) is 12.8 Å². The molecule has 0 radical (unpaired) electrons. The minimum absolute atomic E-state index is 0.0121. The van der Waals surface area contributed by atoms with Crippen molar-refractivity contribution in [3.63, 3.8) is 0 Å². The first-order valence-electron chi connectivity index (χ1n) is 10.8. The van der Waals surface area contributed by atoms with Crippen molar-refractivity contribution in [3.05, 3.63) is 105 Å². The van der Waals surface area contributed by atoms with Crippen LogP contribution in [-0.2, 0) is 10.0 Å². The Morgan fingerprint density at radius 3 is 2.49 bits per heavy atom. The lowest BCUT2D eigenvalue weighted by Gasteiger charge is -2.17. The van der Waals surface area contributed by atoms with E-state index < -0.39 is 27.0 Å². The number of nitrogens with one attached hydrogen (secondary N) is 1. The Kier molecular flexibility index (Phi) is 5.88. The van der Waals surface area contributed by atoms with Crippen LogP contribution in [0, 0.1) is 12.7 Å². The van der Waals surface area contributed by atoms with Crippen LogP contribution < -0.4 is 20.6 Å². The molecule has 2 aromatic carbocycles. The molecule has 10 nitrogen and oxygen atoms in total. The summed E-state index contributed by atoms with van der Waals surface area (Å²) in [7, 11) is -2.65. The summed E-state index contributed by atoms with van der Waals surface area (Å²) in [6, 6.07) is 13.6. The molecule has 0 unspecified atom stereocenters. The van der Waals surface area contributed by atoms with Gasteiger partial charge in [0.15, 0.2) is 5.82 Å². The number of ether oxygens (including phenoxy) is 1. The highest BCUT2D eigenvalue weighted by Crippen LogP contribution is 2.30. The number of methoxy groups -OCH3 is 1. The van der Waals surface area contributed by atoms with E-state index in [1.807, 2.05) is 0 Å². The number of aromatic nitrogens is 3. The van der Waals surface area contributed by atoms with Gasteiger partial charge >= 0.3 is 0 Å². The van der Waals surface area contributed by atoms with Crippen LogP contribution in [0.5, 0.6) is 5.75 Å². The Bertz CT molecular complexity index is 1880. The highest BCUT2D eigenvalue weighted by molar-refractivity contribution is 7.92. The van der Waals surface area contributed by atoms with Crippen molar-refractivity contribution >= 4 is 26.7 Å². The van der Waals surface area contributed by atoms with E-state index in [0.717, 1.165) is 16.2 Å². The number of hydrogen-bond acceptors (Lipinski definition) is 7. The number of rotatable bonds is 6. The maximum atomic E-state index is 15.3. The average Bonchev–Trinajstić information content (AvgIpc) is 3.36. The van der Waals surface area contributed by atoms with Gasteiger partial charge in [0, 0.05) is 41.9 Å². The maximum absolute atomic E-state index is 15.3. The van der Waals surface area contributed by atoms with E-state index in [0.29, 0.717) is 10.9 Å². The Morgan fingerprint density at radius 1 is 0.973 bits per heavy atom. The second-order valence-electron chi connectivity index (χ2n) is 8.11. The Hall–Kier alpha value is -4.71. The summed E-state index contributed by atoms with van der Waals surface area (Å²) >= 11 is 0.